The number of rotatable bonds is 5. The number of nitrogens with one attached hydrogen (secondary N) is 1. The number of pyridine rings is 1. The Bertz CT molecular complexity index is 1140. The minimum absolute atomic E-state index is 0.0788. The van der Waals surface area contributed by atoms with E-state index >= 15 is 0 Å². The number of amides is 1. The van der Waals surface area contributed by atoms with Gasteiger partial charge >= 0.3 is 12.1 Å². The molecule has 1 saturated carbocycles. The number of nitrogens with zero attached hydrogens (tertiary/aromatic N) is 2. The highest BCUT2D eigenvalue weighted by molar-refractivity contribution is 6.04. The molecule has 1 aliphatic carbocycles. The van der Waals surface area contributed by atoms with E-state index in [1.54, 1.807) is 6.92 Å². The van der Waals surface area contributed by atoms with E-state index in [4.69, 9.17) is 9.26 Å². The zero-order chi connectivity index (χ0) is 21.5. The molecular formula is C20H16F3N3O4. The van der Waals surface area contributed by atoms with Crippen LogP contribution in [0, 0.1) is 6.92 Å². The van der Waals surface area contributed by atoms with Crippen LogP contribution in [0.5, 0.6) is 0 Å². The molecule has 7 nitrogen and oxygen atoms in total. The largest absolute Gasteiger partial charge is 0.452 e. The molecule has 30 heavy (non-hydrogen) atoms. The summed E-state index contributed by atoms with van der Waals surface area (Å²) in [4.78, 5) is 28.6. The van der Waals surface area contributed by atoms with Gasteiger partial charge < -0.3 is 14.6 Å². The number of carbonyl (C=O) groups is 2. The molecular weight excluding hydrogens is 403 g/mol. The summed E-state index contributed by atoms with van der Waals surface area (Å²) >= 11 is 0. The summed E-state index contributed by atoms with van der Waals surface area (Å²) in [5, 5.41) is 6.64. The molecule has 156 valence electrons. The van der Waals surface area contributed by atoms with Crippen LogP contribution in [-0.2, 0) is 15.7 Å². The first-order chi connectivity index (χ1) is 14.2. The number of ether oxygens (including phenoxy) is 1. The first-order valence-corrected chi connectivity index (χ1v) is 9.14. The van der Waals surface area contributed by atoms with Crippen LogP contribution in [-0.4, -0.2) is 34.7 Å². The van der Waals surface area contributed by atoms with Crippen molar-refractivity contribution in [3.63, 3.8) is 0 Å². The van der Waals surface area contributed by atoms with Gasteiger partial charge in [0.15, 0.2) is 6.61 Å². The zero-order valence-corrected chi connectivity index (χ0v) is 15.7. The van der Waals surface area contributed by atoms with Gasteiger partial charge in [-0.25, -0.2) is 9.78 Å². The van der Waals surface area contributed by atoms with E-state index in [0.717, 1.165) is 18.9 Å². The van der Waals surface area contributed by atoms with Crippen LogP contribution in [0.4, 0.5) is 13.2 Å². The summed E-state index contributed by atoms with van der Waals surface area (Å²) in [6, 6.07) is 6.16. The van der Waals surface area contributed by atoms with Crippen LogP contribution >= 0.6 is 0 Å². The van der Waals surface area contributed by atoms with Gasteiger partial charge in [-0.15, -0.1) is 0 Å². The number of benzene rings is 1. The number of hydrogen-bond acceptors (Lipinski definition) is 6. The second-order valence-corrected chi connectivity index (χ2v) is 6.96. The highest BCUT2D eigenvalue weighted by atomic mass is 19.4. The lowest BCUT2D eigenvalue weighted by atomic mass is 10.0. The van der Waals surface area contributed by atoms with Crippen LogP contribution in [0.25, 0.3) is 22.4 Å². The van der Waals surface area contributed by atoms with Gasteiger partial charge in [0.05, 0.1) is 27.9 Å². The third-order valence-electron chi connectivity index (χ3n) is 4.62. The lowest BCUT2D eigenvalue weighted by Gasteiger charge is -2.13. The van der Waals surface area contributed by atoms with Crippen molar-refractivity contribution >= 4 is 23.0 Å². The minimum Gasteiger partial charge on any atom is -0.452 e. The molecule has 2 aromatic heterocycles. The normalized spacial score (nSPS) is 14.0. The van der Waals surface area contributed by atoms with E-state index < -0.39 is 30.2 Å². The molecule has 1 aliphatic rings. The quantitative estimate of drug-likeness (QED) is 0.635. The number of esters is 1. The van der Waals surface area contributed by atoms with Crippen LogP contribution in [0.1, 0.15) is 34.5 Å². The molecule has 0 unspecified atom stereocenters. The van der Waals surface area contributed by atoms with Crippen molar-refractivity contribution in [1.29, 1.82) is 0 Å². The van der Waals surface area contributed by atoms with Crippen molar-refractivity contribution in [3.8, 4) is 11.3 Å². The monoisotopic (exact) mass is 419 g/mol. The van der Waals surface area contributed by atoms with Crippen molar-refractivity contribution < 1.29 is 32.0 Å². The number of fused-ring (bicyclic) bond motifs is 1. The fourth-order valence-corrected chi connectivity index (χ4v) is 3.05. The molecule has 0 saturated heterocycles. The minimum atomic E-state index is -4.62. The average molecular weight is 419 g/mol. The van der Waals surface area contributed by atoms with Gasteiger partial charge in [-0.3, -0.25) is 4.79 Å². The lowest BCUT2D eigenvalue weighted by Crippen LogP contribution is -2.30. The molecule has 1 amide bonds. The van der Waals surface area contributed by atoms with E-state index in [1.807, 2.05) is 0 Å². The van der Waals surface area contributed by atoms with E-state index in [1.165, 1.54) is 24.3 Å². The van der Waals surface area contributed by atoms with Gasteiger partial charge in [0.1, 0.15) is 0 Å². The van der Waals surface area contributed by atoms with Crippen molar-refractivity contribution in [2.75, 3.05) is 6.61 Å². The highest BCUT2D eigenvalue weighted by Gasteiger charge is 2.34. The van der Waals surface area contributed by atoms with Crippen LogP contribution in [0.15, 0.2) is 34.9 Å². The SMILES string of the molecule is Cc1noc2nc(-c3ccccc3C(F)(F)F)cc(C(=O)OCC(=O)NC3CC3)c12. The molecule has 0 atom stereocenters. The summed E-state index contributed by atoms with van der Waals surface area (Å²) in [6.07, 6.45) is -2.86. The summed E-state index contributed by atoms with van der Waals surface area (Å²) in [5.74, 6) is -1.33. The number of halogens is 3. The molecule has 4 rings (SSSR count). The van der Waals surface area contributed by atoms with Crippen molar-refractivity contribution in [1.82, 2.24) is 15.5 Å². The molecule has 0 aliphatic heterocycles. The third-order valence-corrected chi connectivity index (χ3v) is 4.62. The first-order valence-electron chi connectivity index (χ1n) is 9.14. The fourth-order valence-electron chi connectivity index (χ4n) is 3.05. The Morgan fingerprint density at radius 3 is 2.70 bits per heavy atom. The lowest BCUT2D eigenvalue weighted by molar-refractivity contribution is -0.137. The summed E-state index contributed by atoms with van der Waals surface area (Å²) < 4.78 is 50.4. The third kappa shape index (κ3) is 3.98. The van der Waals surface area contributed by atoms with Crippen molar-refractivity contribution in [3.05, 3.63) is 47.2 Å². The van der Waals surface area contributed by atoms with Crippen LogP contribution < -0.4 is 5.32 Å². The average Bonchev–Trinajstić information content (AvgIpc) is 3.45. The Morgan fingerprint density at radius 2 is 2.00 bits per heavy atom. The number of aromatic nitrogens is 2. The predicted molar refractivity (Wildman–Crippen MR) is 98.4 cm³/mol. The molecule has 2 heterocycles. The Balaban J connectivity index is 1.72. The Hall–Kier alpha value is -3.43. The molecule has 0 radical (unpaired) electrons. The molecule has 3 aromatic rings. The van der Waals surface area contributed by atoms with E-state index in [0.29, 0.717) is 5.69 Å². The molecule has 10 heteroatoms. The topological polar surface area (TPSA) is 94.3 Å². The van der Waals surface area contributed by atoms with Crippen LogP contribution in [0.3, 0.4) is 0 Å². The number of hydrogen-bond donors (Lipinski definition) is 1. The number of aryl methyl sites for hydroxylation is 1. The van der Waals surface area contributed by atoms with E-state index in [2.05, 4.69) is 15.5 Å². The van der Waals surface area contributed by atoms with Gasteiger partial charge in [-0.2, -0.15) is 13.2 Å². The van der Waals surface area contributed by atoms with Gasteiger partial charge in [0.25, 0.3) is 11.6 Å². The Labute approximate surface area is 168 Å². The van der Waals surface area contributed by atoms with Gasteiger partial charge in [0, 0.05) is 11.6 Å². The number of alkyl halides is 3. The maximum Gasteiger partial charge on any atom is 0.417 e. The zero-order valence-electron chi connectivity index (χ0n) is 15.7. The van der Waals surface area contributed by atoms with E-state index in [9.17, 15) is 22.8 Å². The summed E-state index contributed by atoms with van der Waals surface area (Å²) in [6.45, 7) is 1.06. The van der Waals surface area contributed by atoms with E-state index in [-0.39, 0.29) is 34.0 Å². The maximum atomic E-state index is 13.4. The highest BCUT2D eigenvalue weighted by Crippen LogP contribution is 2.37. The summed E-state index contributed by atoms with van der Waals surface area (Å²) in [7, 11) is 0. The first kappa shape index (κ1) is 19.9. The van der Waals surface area contributed by atoms with Crippen LogP contribution in [0.2, 0.25) is 0 Å². The fraction of sp³-hybridized carbons (Fsp3) is 0.300. The number of carbonyl (C=O) groups excluding carboxylic acids is 2. The Kier molecular flexibility index (Phi) is 4.92. The molecule has 0 spiro atoms. The summed E-state index contributed by atoms with van der Waals surface area (Å²) in [5.41, 5.74) is -1.11. The smallest absolute Gasteiger partial charge is 0.417 e. The molecule has 1 N–H and O–H groups in total. The van der Waals surface area contributed by atoms with Crippen molar-refractivity contribution in [2.24, 2.45) is 0 Å². The molecule has 1 aromatic carbocycles. The second-order valence-electron chi connectivity index (χ2n) is 6.96. The van der Waals surface area contributed by atoms with Gasteiger partial charge in [-0.1, -0.05) is 23.4 Å². The molecule has 0 bridgehead atoms. The maximum absolute atomic E-state index is 13.4. The Morgan fingerprint density at radius 1 is 1.27 bits per heavy atom. The van der Waals surface area contributed by atoms with Crippen molar-refractivity contribution in [2.45, 2.75) is 32.0 Å². The molecule has 1 fully saturated rings. The second kappa shape index (κ2) is 7.43. The predicted octanol–water partition coefficient (Wildman–Crippen LogP) is 3.65. The van der Waals surface area contributed by atoms with Gasteiger partial charge in [-0.05, 0) is 31.9 Å². The standard InChI is InChI=1S/C20H16F3N3O4/c1-10-17-13(19(28)29-9-16(27)24-11-6-7-11)8-15(25-18(17)30-26-10)12-4-2-3-5-14(12)20(21,22)23/h2-5,8,11H,6-7,9H2,1H3,(H,24,27). The van der Waals surface area contributed by atoms with Gasteiger partial charge in [0.2, 0.25) is 0 Å².